The highest BCUT2D eigenvalue weighted by atomic mass is 35.5. The van der Waals surface area contributed by atoms with Gasteiger partial charge in [0.15, 0.2) is 11.5 Å². The molecule has 0 amide bonds. The van der Waals surface area contributed by atoms with Crippen molar-refractivity contribution in [3.05, 3.63) is 46.4 Å². The van der Waals surface area contributed by atoms with Crippen molar-refractivity contribution in [3.8, 4) is 23.0 Å². The van der Waals surface area contributed by atoms with Crippen LogP contribution in [0.15, 0.2) is 36.4 Å². The fourth-order valence-electron chi connectivity index (χ4n) is 1.58. The summed E-state index contributed by atoms with van der Waals surface area (Å²) in [5.41, 5.74) is 0. The largest absolute Gasteiger partial charge is 0.519 e. The Bertz CT molecular complexity index is 630. The highest BCUT2D eigenvalue weighted by molar-refractivity contribution is 6.32. The lowest BCUT2D eigenvalue weighted by Crippen LogP contribution is -2.14. The molecule has 22 heavy (non-hydrogen) atoms. The summed E-state index contributed by atoms with van der Waals surface area (Å²) in [6, 6.07) is 9.30. The van der Waals surface area contributed by atoms with Crippen molar-refractivity contribution >= 4 is 29.4 Å². The van der Waals surface area contributed by atoms with Crippen molar-refractivity contribution in [1.29, 1.82) is 0 Å². The highest BCUT2D eigenvalue weighted by Gasteiger charge is 2.14. The maximum atomic E-state index is 11.8. The molecule has 0 aromatic heterocycles. The Labute approximate surface area is 137 Å². The summed E-state index contributed by atoms with van der Waals surface area (Å²) in [5, 5.41) is 0.490. The summed E-state index contributed by atoms with van der Waals surface area (Å²) < 4.78 is 20.2. The van der Waals surface area contributed by atoms with Gasteiger partial charge in [-0.2, -0.15) is 0 Å². The quantitative estimate of drug-likeness (QED) is 0.600. The van der Waals surface area contributed by atoms with E-state index < -0.39 is 6.16 Å². The van der Waals surface area contributed by atoms with Gasteiger partial charge in [-0.25, -0.2) is 4.79 Å². The minimum atomic E-state index is -0.981. The lowest BCUT2D eigenvalue weighted by atomic mass is 10.3. The third kappa shape index (κ3) is 3.96. The summed E-state index contributed by atoms with van der Waals surface area (Å²) in [6.45, 7) is 0. The number of ether oxygens (including phenoxy) is 4. The van der Waals surface area contributed by atoms with Gasteiger partial charge in [-0.05, 0) is 24.3 Å². The first-order valence-corrected chi connectivity index (χ1v) is 6.86. The molecule has 116 valence electrons. The molecular weight excluding hydrogens is 331 g/mol. The molecule has 0 bridgehead atoms. The average molecular weight is 343 g/mol. The SMILES string of the molecule is COc1ccc(Cl)c(OC(=O)Oc2cc(OC)ccc2Cl)c1. The number of carbonyl (C=O) groups excluding carboxylic acids is 1. The second-order valence-electron chi connectivity index (χ2n) is 4.05. The van der Waals surface area contributed by atoms with E-state index in [1.807, 2.05) is 0 Å². The molecule has 2 aromatic rings. The number of methoxy groups -OCH3 is 2. The molecule has 2 aromatic carbocycles. The maximum Gasteiger partial charge on any atom is 0.519 e. The molecule has 0 N–H and O–H groups in total. The van der Waals surface area contributed by atoms with Crippen LogP contribution >= 0.6 is 23.2 Å². The maximum absolute atomic E-state index is 11.8. The van der Waals surface area contributed by atoms with Gasteiger partial charge in [0.1, 0.15) is 11.5 Å². The van der Waals surface area contributed by atoms with Gasteiger partial charge in [0.2, 0.25) is 0 Å². The molecule has 0 aliphatic carbocycles. The Morgan fingerprint density at radius 1 is 0.818 bits per heavy atom. The van der Waals surface area contributed by atoms with Gasteiger partial charge in [0.25, 0.3) is 0 Å². The van der Waals surface area contributed by atoms with Crippen LogP contribution in [-0.2, 0) is 0 Å². The van der Waals surface area contributed by atoms with E-state index >= 15 is 0 Å². The van der Waals surface area contributed by atoms with E-state index in [2.05, 4.69) is 0 Å². The Hall–Kier alpha value is -2.11. The minimum Gasteiger partial charge on any atom is -0.497 e. The molecule has 0 aliphatic rings. The van der Waals surface area contributed by atoms with Crippen LogP contribution < -0.4 is 18.9 Å². The van der Waals surface area contributed by atoms with Crippen molar-refractivity contribution in [1.82, 2.24) is 0 Å². The fraction of sp³-hybridized carbons (Fsp3) is 0.133. The molecule has 0 unspecified atom stereocenters. The van der Waals surface area contributed by atoms with Gasteiger partial charge in [-0.15, -0.1) is 0 Å². The summed E-state index contributed by atoms with van der Waals surface area (Å²) in [4.78, 5) is 11.8. The van der Waals surface area contributed by atoms with E-state index in [0.29, 0.717) is 11.5 Å². The van der Waals surface area contributed by atoms with Crippen LogP contribution in [0.4, 0.5) is 4.79 Å². The molecular formula is C15H12Cl2O5. The Morgan fingerprint density at radius 3 is 1.59 bits per heavy atom. The molecule has 0 atom stereocenters. The van der Waals surface area contributed by atoms with Gasteiger partial charge in [-0.3, -0.25) is 0 Å². The zero-order valence-corrected chi connectivity index (χ0v) is 13.3. The molecule has 0 spiro atoms. The summed E-state index contributed by atoms with van der Waals surface area (Å²) in [7, 11) is 2.97. The van der Waals surface area contributed by atoms with Crippen LogP contribution in [-0.4, -0.2) is 20.4 Å². The van der Waals surface area contributed by atoms with Crippen molar-refractivity contribution in [3.63, 3.8) is 0 Å². The standard InChI is InChI=1S/C15H12Cl2O5/c1-19-9-3-5-11(16)13(7-9)21-15(18)22-14-8-10(20-2)4-6-12(14)17/h3-8H,1-2H3. The molecule has 0 heterocycles. The topological polar surface area (TPSA) is 54.0 Å². The number of benzene rings is 2. The van der Waals surface area contributed by atoms with E-state index in [9.17, 15) is 4.79 Å². The molecule has 2 rings (SSSR count). The van der Waals surface area contributed by atoms with Crippen molar-refractivity contribution in [2.45, 2.75) is 0 Å². The van der Waals surface area contributed by atoms with Gasteiger partial charge in [0, 0.05) is 12.1 Å². The van der Waals surface area contributed by atoms with E-state index in [1.54, 1.807) is 24.3 Å². The smallest absolute Gasteiger partial charge is 0.497 e. The predicted octanol–water partition coefficient (Wildman–Crippen LogP) is 4.59. The van der Waals surface area contributed by atoms with Gasteiger partial charge < -0.3 is 18.9 Å². The molecule has 5 nitrogen and oxygen atoms in total. The Morgan fingerprint density at radius 2 is 1.23 bits per heavy atom. The average Bonchev–Trinajstić information content (AvgIpc) is 2.51. The molecule has 0 aliphatic heterocycles. The summed E-state index contributed by atoms with van der Waals surface area (Å²) >= 11 is 11.9. The van der Waals surface area contributed by atoms with Crippen LogP contribution in [0.5, 0.6) is 23.0 Å². The molecule has 0 saturated carbocycles. The first kappa shape index (κ1) is 16.3. The van der Waals surface area contributed by atoms with E-state index in [0.717, 1.165) is 0 Å². The van der Waals surface area contributed by atoms with Crippen LogP contribution in [0.3, 0.4) is 0 Å². The second-order valence-corrected chi connectivity index (χ2v) is 4.86. The lowest BCUT2D eigenvalue weighted by Gasteiger charge is -2.10. The zero-order valence-electron chi connectivity index (χ0n) is 11.8. The fourth-order valence-corrected chi connectivity index (χ4v) is 1.89. The molecule has 0 fully saturated rings. The monoisotopic (exact) mass is 342 g/mol. The number of hydrogen-bond acceptors (Lipinski definition) is 5. The first-order chi connectivity index (χ1) is 10.5. The van der Waals surface area contributed by atoms with Gasteiger partial charge >= 0.3 is 6.16 Å². The van der Waals surface area contributed by atoms with Crippen LogP contribution in [0.2, 0.25) is 10.0 Å². The molecule has 0 radical (unpaired) electrons. The van der Waals surface area contributed by atoms with Gasteiger partial charge in [-0.1, -0.05) is 23.2 Å². The number of hydrogen-bond donors (Lipinski definition) is 0. The van der Waals surface area contributed by atoms with Gasteiger partial charge in [0.05, 0.1) is 24.3 Å². The normalized spacial score (nSPS) is 10.0. The van der Waals surface area contributed by atoms with E-state index in [1.165, 1.54) is 26.4 Å². The zero-order chi connectivity index (χ0) is 16.1. The third-order valence-electron chi connectivity index (χ3n) is 2.66. The number of rotatable bonds is 4. The molecule has 0 saturated heterocycles. The second kappa shape index (κ2) is 7.24. The molecule has 7 heteroatoms. The minimum absolute atomic E-state index is 0.116. The number of carbonyl (C=O) groups is 1. The first-order valence-electron chi connectivity index (χ1n) is 6.10. The van der Waals surface area contributed by atoms with E-state index in [-0.39, 0.29) is 21.5 Å². The lowest BCUT2D eigenvalue weighted by molar-refractivity contribution is 0.151. The van der Waals surface area contributed by atoms with Crippen molar-refractivity contribution in [2.75, 3.05) is 14.2 Å². The Kier molecular flexibility index (Phi) is 5.35. The summed E-state index contributed by atoms with van der Waals surface area (Å²) in [6.07, 6.45) is -0.981. The highest BCUT2D eigenvalue weighted by Crippen LogP contribution is 2.31. The van der Waals surface area contributed by atoms with E-state index in [4.69, 9.17) is 42.1 Å². The Balaban J connectivity index is 2.13. The number of halogens is 2. The summed E-state index contributed by atoms with van der Waals surface area (Å²) in [5.74, 6) is 1.22. The van der Waals surface area contributed by atoms with Crippen molar-refractivity contribution < 1.29 is 23.7 Å². The predicted molar refractivity (Wildman–Crippen MR) is 82.7 cm³/mol. The van der Waals surface area contributed by atoms with Crippen LogP contribution in [0.1, 0.15) is 0 Å². The third-order valence-corrected chi connectivity index (χ3v) is 3.29. The van der Waals surface area contributed by atoms with Crippen molar-refractivity contribution in [2.24, 2.45) is 0 Å². The van der Waals surface area contributed by atoms with Crippen LogP contribution in [0, 0.1) is 0 Å². The van der Waals surface area contributed by atoms with Crippen LogP contribution in [0.25, 0.3) is 0 Å².